The summed E-state index contributed by atoms with van der Waals surface area (Å²) in [4.78, 5) is 24.9. The summed E-state index contributed by atoms with van der Waals surface area (Å²) in [5, 5.41) is 3.59. The van der Waals surface area contributed by atoms with Crippen LogP contribution in [0.25, 0.3) is 0 Å². The zero-order valence-corrected chi connectivity index (χ0v) is 11.9. The maximum absolute atomic E-state index is 12.0. The molecule has 6 heteroatoms. The monoisotopic (exact) mass is 301 g/mol. The Morgan fingerprint density at radius 2 is 1.76 bits per heavy atom. The van der Waals surface area contributed by atoms with Crippen LogP contribution in [0.1, 0.15) is 20.7 Å². The van der Waals surface area contributed by atoms with Gasteiger partial charge in [-0.15, -0.1) is 0 Å². The fourth-order valence-corrected chi connectivity index (χ4v) is 2.46. The summed E-state index contributed by atoms with van der Waals surface area (Å²) >= 11 is 6.10. The molecule has 21 heavy (non-hydrogen) atoms. The number of carbonyl (C=O) groups excluding carboxylic acids is 2. The maximum Gasteiger partial charge on any atom is 0.261 e. The first-order valence-electron chi connectivity index (χ1n) is 6.26. The first-order chi connectivity index (χ1) is 9.97. The summed E-state index contributed by atoms with van der Waals surface area (Å²) in [6, 6.07) is 10.1. The highest BCUT2D eigenvalue weighted by atomic mass is 35.5. The van der Waals surface area contributed by atoms with E-state index in [0.717, 1.165) is 4.90 Å². The van der Waals surface area contributed by atoms with Crippen LogP contribution in [0.4, 0.5) is 17.1 Å². The number of benzene rings is 2. The number of nitrogens with one attached hydrogen (secondary N) is 1. The van der Waals surface area contributed by atoms with E-state index in [4.69, 9.17) is 17.3 Å². The van der Waals surface area contributed by atoms with Gasteiger partial charge in [-0.1, -0.05) is 11.6 Å². The summed E-state index contributed by atoms with van der Waals surface area (Å²) in [6.45, 7) is 0. The Bertz CT molecular complexity index is 774. The maximum atomic E-state index is 12.0. The Kier molecular flexibility index (Phi) is 3.07. The Morgan fingerprint density at radius 3 is 2.48 bits per heavy atom. The Balaban J connectivity index is 1.95. The summed E-state index contributed by atoms with van der Waals surface area (Å²) in [5.41, 5.74) is 8.37. The Morgan fingerprint density at radius 1 is 1.05 bits per heavy atom. The lowest BCUT2D eigenvalue weighted by atomic mass is 10.1. The van der Waals surface area contributed by atoms with Crippen molar-refractivity contribution >= 4 is 40.5 Å². The number of nitrogens with two attached hydrogens (primary N) is 1. The molecule has 0 bridgehead atoms. The van der Waals surface area contributed by atoms with E-state index in [0.29, 0.717) is 33.2 Å². The van der Waals surface area contributed by atoms with Crippen molar-refractivity contribution in [2.75, 3.05) is 18.1 Å². The van der Waals surface area contributed by atoms with E-state index in [-0.39, 0.29) is 11.8 Å². The number of carbonyl (C=O) groups is 2. The molecule has 106 valence electrons. The van der Waals surface area contributed by atoms with Gasteiger partial charge < -0.3 is 11.1 Å². The molecule has 0 saturated heterocycles. The van der Waals surface area contributed by atoms with Crippen molar-refractivity contribution in [3.8, 4) is 0 Å². The topological polar surface area (TPSA) is 75.4 Å². The molecular formula is C15H12ClN3O2. The minimum absolute atomic E-state index is 0.285. The fraction of sp³-hybridized carbons (Fsp3) is 0.0667. The molecule has 0 radical (unpaired) electrons. The van der Waals surface area contributed by atoms with Crippen LogP contribution in [0.5, 0.6) is 0 Å². The molecule has 0 saturated carbocycles. The number of rotatable bonds is 2. The summed E-state index contributed by atoms with van der Waals surface area (Å²) in [6.07, 6.45) is 0. The van der Waals surface area contributed by atoms with E-state index in [1.165, 1.54) is 7.05 Å². The molecule has 0 aliphatic carbocycles. The predicted octanol–water partition coefficient (Wildman–Crippen LogP) is 2.89. The summed E-state index contributed by atoms with van der Waals surface area (Å²) in [5.74, 6) is -0.589. The van der Waals surface area contributed by atoms with Crippen molar-refractivity contribution in [1.82, 2.24) is 4.90 Å². The third-order valence-corrected chi connectivity index (χ3v) is 3.67. The second kappa shape index (κ2) is 4.79. The first kappa shape index (κ1) is 13.5. The zero-order valence-electron chi connectivity index (χ0n) is 11.2. The zero-order chi connectivity index (χ0) is 15.1. The smallest absolute Gasteiger partial charge is 0.261 e. The van der Waals surface area contributed by atoms with Crippen LogP contribution < -0.4 is 11.1 Å². The van der Waals surface area contributed by atoms with Gasteiger partial charge >= 0.3 is 0 Å². The third-order valence-electron chi connectivity index (χ3n) is 3.36. The SMILES string of the molecule is CN1C(=O)c2ccc(Nc3ccc(N)cc3Cl)cc2C1=O. The number of nitrogen functional groups attached to an aromatic ring is 1. The molecule has 1 aliphatic rings. The molecule has 2 amide bonds. The number of hydrogen-bond acceptors (Lipinski definition) is 4. The largest absolute Gasteiger partial charge is 0.399 e. The van der Waals surface area contributed by atoms with E-state index >= 15 is 0 Å². The highest BCUT2D eigenvalue weighted by Gasteiger charge is 2.32. The minimum atomic E-state index is -0.304. The van der Waals surface area contributed by atoms with E-state index in [1.807, 2.05) is 0 Å². The van der Waals surface area contributed by atoms with Crippen LogP contribution in [0, 0.1) is 0 Å². The van der Waals surface area contributed by atoms with Crippen molar-refractivity contribution in [2.45, 2.75) is 0 Å². The molecule has 0 atom stereocenters. The molecule has 2 aromatic rings. The van der Waals surface area contributed by atoms with Crippen molar-refractivity contribution < 1.29 is 9.59 Å². The van der Waals surface area contributed by atoms with Gasteiger partial charge in [-0.3, -0.25) is 14.5 Å². The van der Waals surface area contributed by atoms with Gasteiger partial charge in [-0.05, 0) is 36.4 Å². The number of imide groups is 1. The fourth-order valence-electron chi connectivity index (χ4n) is 2.23. The second-order valence-corrected chi connectivity index (χ2v) is 5.20. The van der Waals surface area contributed by atoms with Crippen LogP contribution >= 0.6 is 11.6 Å². The summed E-state index contributed by atoms with van der Waals surface area (Å²) < 4.78 is 0. The molecule has 0 unspecified atom stereocenters. The number of nitrogens with zero attached hydrogens (tertiary/aromatic N) is 1. The molecule has 3 N–H and O–H groups in total. The van der Waals surface area contributed by atoms with Crippen molar-refractivity contribution in [3.63, 3.8) is 0 Å². The van der Waals surface area contributed by atoms with Crippen molar-refractivity contribution in [1.29, 1.82) is 0 Å². The van der Waals surface area contributed by atoms with Gasteiger partial charge in [0.2, 0.25) is 0 Å². The lowest BCUT2D eigenvalue weighted by Gasteiger charge is -2.09. The highest BCUT2D eigenvalue weighted by Crippen LogP contribution is 2.30. The number of halogens is 1. The van der Waals surface area contributed by atoms with Gasteiger partial charge in [0.1, 0.15) is 0 Å². The van der Waals surface area contributed by atoms with Crippen LogP contribution in [-0.2, 0) is 0 Å². The summed E-state index contributed by atoms with van der Waals surface area (Å²) in [7, 11) is 1.47. The van der Waals surface area contributed by atoms with E-state index < -0.39 is 0 Å². The third kappa shape index (κ3) is 2.21. The molecule has 2 aromatic carbocycles. The van der Waals surface area contributed by atoms with Crippen LogP contribution in [0.15, 0.2) is 36.4 Å². The van der Waals surface area contributed by atoms with Gasteiger partial charge in [-0.2, -0.15) is 0 Å². The molecule has 0 spiro atoms. The lowest BCUT2D eigenvalue weighted by molar-refractivity contribution is 0.0693. The molecular weight excluding hydrogens is 290 g/mol. The van der Waals surface area contributed by atoms with Gasteiger partial charge in [0.15, 0.2) is 0 Å². The highest BCUT2D eigenvalue weighted by molar-refractivity contribution is 6.33. The van der Waals surface area contributed by atoms with Crippen LogP contribution in [0.3, 0.4) is 0 Å². The second-order valence-electron chi connectivity index (χ2n) is 4.79. The van der Waals surface area contributed by atoms with E-state index in [2.05, 4.69) is 5.32 Å². The molecule has 1 heterocycles. The lowest BCUT2D eigenvalue weighted by Crippen LogP contribution is -2.24. The van der Waals surface area contributed by atoms with Gasteiger partial charge in [0.25, 0.3) is 11.8 Å². The minimum Gasteiger partial charge on any atom is -0.399 e. The number of fused-ring (bicyclic) bond motifs is 1. The number of anilines is 3. The molecule has 0 fully saturated rings. The standard InChI is InChI=1S/C15H12ClN3O2/c1-19-14(20)10-4-3-9(7-11(10)15(19)21)18-13-5-2-8(17)6-12(13)16/h2-7,18H,17H2,1H3. The predicted molar refractivity (Wildman–Crippen MR) is 82.0 cm³/mol. The quantitative estimate of drug-likeness (QED) is 0.660. The van der Waals surface area contributed by atoms with Crippen molar-refractivity contribution in [3.05, 3.63) is 52.5 Å². The number of hydrogen-bond donors (Lipinski definition) is 2. The van der Waals surface area contributed by atoms with Gasteiger partial charge in [0.05, 0.1) is 21.8 Å². The van der Waals surface area contributed by atoms with Gasteiger partial charge in [0, 0.05) is 18.4 Å². The number of amides is 2. The average Bonchev–Trinajstić information content (AvgIpc) is 2.67. The van der Waals surface area contributed by atoms with Crippen molar-refractivity contribution in [2.24, 2.45) is 0 Å². The van der Waals surface area contributed by atoms with E-state index in [1.54, 1.807) is 36.4 Å². The van der Waals surface area contributed by atoms with Gasteiger partial charge in [-0.25, -0.2) is 0 Å². The Hall–Kier alpha value is -2.53. The average molecular weight is 302 g/mol. The normalized spacial score (nSPS) is 13.5. The molecule has 5 nitrogen and oxygen atoms in total. The molecule has 3 rings (SSSR count). The molecule has 0 aromatic heterocycles. The van der Waals surface area contributed by atoms with E-state index in [9.17, 15) is 9.59 Å². The van der Waals surface area contributed by atoms with Crippen LogP contribution in [-0.4, -0.2) is 23.8 Å². The Labute approximate surface area is 126 Å². The van der Waals surface area contributed by atoms with Crippen LogP contribution in [0.2, 0.25) is 5.02 Å². The first-order valence-corrected chi connectivity index (χ1v) is 6.63. The molecule has 1 aliphatic heterocycles.